The van der Waals surface area contributed by atoms with E-state index in [1.165, 1.54) is 41.6 Å². The van der Waals surface area contributed by atoms with Crippen molar-refractivity contribution in [2.45, 2.75) is 24.8 Å². The molecular weight excluding hydrogens is 361 g/mol. The van der Waals surface area contributed by atoms with Gasteiger partial charge in [0.05, 0.1) is 16.8 Å². The van der Waals surface area contributed by atoms with E-state index in [0.717, 1.165) is 10.9 Å². The fourth-order valence-corrected chi connectivity index (χ4v) is 3.35. The van der Waals surface area contributed by atoms with Crippen molar-refractivity contribution in [3.05, 3.63) is 65.5 Å². The lowest BCUT2D eigenvalue weighted by Crippen LogP contribution is -2.14. The molecule has 27 heavy (non-hydrogen) atoms. The molecule has 1 amide bonds. The minimum absolute atomic E-state index is 0.106. The van der Waals surface area contributed by atoms with Crippen molar-refractivity contribution in [1.82, 2.24) is 4.98 Å². The Hall–Kier alpha value is -2.91. The van der Waals surface area contributed by atoms with Crippen LogP contribution >= 0.6 is 11.8 Å². The second-order valence-electron chi connectivity index (χ2n) is 6.40. The van der Waals surface area contributed by atoms with Gasteiger partial charge in [-0.3, -0.25) is 4.79 Å². The minimum atomic E-state index is -0.359. The number of amides is 1. The van der Waals surface area contributed by atoms with Crippen LogP contribution in [-0.2, 0) is 4.79 Å². The molecule has 0 radical (unpaired) electrons. The number of nitrogens with one attached hydrogen (secondary N) is 1. The molecule has 2 aromatic carbocycles. The molecule has 0 bridgehead atoms. The van der Waals surface area contributed by atoms with E-state index in [4.69, 9.17) is 0 Å². The summed E-state index contributed by atoms with van der Waals surface area (Å²) >= 11 is 1.21. The average Bonchev–Trinajstić information content (AvgIpc) is 2.66. The highest BCUT2D eigenvalue weighted by Gasteiger charge is 2.11. The normalized spacial score (nSPS) is 10.8. The number of aromatic nitrogens is 1. The van der Waals surface area contributed by atoms with E-state index >= 15 is 0 Å². The van der Waals surface area contributed by atoms with Crippen LogP contribution in [-0.4, -0.2) is 16.6 Å². The third-order valence-corrected chi connectivity index (χ3v) is 5.05. The number of nitrogens with zero attached hydrogens (tertiary/aromatic N) is 2. The molecule has 0 saturated heterocycles. The van der Waals surface area contributed by atoms with Gasteiger partial charge in [0.1, 0.15) is 16.9 Å². The van der Waals surface area contributed by atoms with Crippen molar-refractivity contribution in [3.8, 4) is 6.07 Å². The lowest BCUT2D eigenvalue weighted by Gasteiger charge is -2.09. The Kier molecular flexibility index (Phi) is 5.72. The number of benzene rings is 2. The zero-order valence-electron chi connectivity index (χ0n) is 15.0. The number of hydrogen-bond acceptors (Lipinski definition) is 4. The number of rotatable bonds is 5. The summed E-state index contributed by atoms with van der Waals surface area (Å²) in [7, 11) is 0. The number of thioether (sulfide) groups is 1. The Balaban J connectivity index is 1.75. The summed E-state index contributed by atoms with van der Waals surface area (Å²) in [5.74, 6) is -0.104. The molecule has 0 aliphatic rings. The first kappa shape index (κ1) is 18.9. The van der Waals surface area contributed by atoms with Gasteiger partial charge in [0, 0.05) is 11.1 Å². The molecule has 0 spiro atoms. The maximum atomic E-state index is 12.9. The topological polar surface area (TPSA) is 65.8 Å². The van der Waals surface area contributed by atoms with E-state index in [-0.39, 0.29) is 17.5 Å². The van der Waals surface area contributed by atoms with Gasteiger partial charge < -0.3 is 5.32 Å². The van der Waals surface area contributed by atoms with Crippen molar-refractivity contribution in [1.29, 1.82) is 5.26 Å². The molecule has 0 saturated carbocycles. The highest BCUT2D eigenvalue weighted by atomic mass is 32.2. The van der Waals surface area contributed by atoms with E-state index in [2.05, 4.69) is 30.2 Å². The summed E-state index contributed by atoms with van der Waals surface area (Å²) in [4.78, 5) is 16.7. The SMILES string of the molecule is CC(C)c1ccc2nc(SCC(=O)Nc3ccc(F)cc3)c(C#N)cc2c1. The monoisotopic (exact) mass is 379 g/mol. The van der Waals surface area contributed by atoms with E-state index < -0.39 is 0 Å². The molecule has 3 aromatic rings. The van der Waals surface area contributed by atoms with Gasteiger partial charge in [-0.15, -0.1) is 0 Å². The van der Waals surface area contributed by atoms with Crippen molar-refractivity contribution < 1.29 is 9.18 Å². The second-order valence-corrected chi connectivity index (χ2v) is 7.37. The summed E-state index contributed by atoms with van der Waals surface area (Å²) in [6, 6.07) is 15.6. The van der Waals surface area contributed by atoms with Crippen LogP contribution in [0.1, 0.15) is 30.9 Å². The Labute approximate surface area is 161 Å². The molecule has 4 nitrogen and oxygen atoms in total. The van der Waals surface area contributed by atoms with Gasteiger partial charge in [0.25, 0.3) is 0 Å². The van der Waals surface area contributed by atoms with E-state index in [1.54, 1.807) is 0 Å². The number of nitriles is 1. The predicted molar refractivity (Wildman–Crippen MR) is 106 cm³/mol. The standard InChI is InChI=1S/C21H18FN3OS/c1-13(2)14-3-8-19-15(9-14)10-16(11-23)21(25-19)27-12-20(26)24-18-6-4-17(22)5-7-18/h3-10,13H,12H2,1-2H3,(H,24,26). The van der Waals surface area contributed by atoms with Crippen LogP contribution in [0.4, 0.5) is 10.1 Å². The van der Waals surface area contributed by atoms with Gasteiger partial charge in [-0.1, -0.05) is 31.7 Å². The van der Waals surface area contributed by atoms with Gasteiger partial charge >= 0.3 is 0 Å². The summed E-state index contributed by atoms with van der Waals surface area (Å²) < 4.78 is 12.9. The molecule has 1 N–H and O–H groups in total. The molecular formula is C21H18FN3OS. The van der Waals surface area contributed by atoms with Crippen molar-refractivity contribution in [3.63, 3.8) is 0 Å². The number of fused-ring (bicyclic) bond motifs is 1. The maximum Gasteiger partial charge on any atom is 0.234 e. The molecule has 0 unspecified atom stereocenters. The van der Waals surface area contributed by atoms with Crippen LogP contribution in [0.25, 0.3) is 10.9 Å². The largest absolute Gasteiger partial charge is 0.325 e. The molecule has 1 heterocycles. The molecule has 0 atom stereocenters. The number of hydrogen-bond donors (Lipinski definition) is 1. The maximum absolute atomic E-state index is 12.9. The fourth-order valence-electron chi connectivity index (χ4n) is 2.59. The first-order valence-electron chi connectivity index (χ1n) is 8.49. The summed E-state index contributed by atoms with van der Waals surface area (Å²) in [5, 5.41) is 13.6. The van der Waals surface area contributed by atoms with Gasteiger partial charge in [0.2, 0.25) is 5.91 Å². The van der Waals surface area contributed by atoms with Crippen LogP contribution in [0, 0.1) is 17.1 Å². The van der Waals surface area contributed by atoms with Crippen LogP contribution < -0.4 is 5.32 Å². The van der Waals surface area contributed by atoms with E-state index in [0.29, 0.717) is 22.2 Å². The van der Waals surface area contributed by atoms with E-state index in [9.17, 15) is 14.4 Å². The summed E-state index contributed by atoms with van der Waals surface area (Å²) in [6.07, 6.45) is 0. The highest BCUT2D eigenvalue weighted by molar-refractivity contribution is 8.00. The summed E-state index contributed by atoms with van der Waals surface area (Å²) in [5.41, 5.74) is 2.95. The van der Waals surface area contributed by atoms with Gasteiger partial charge in [0.15, 0.2) is 0 Å². The first-order valence-corrected chi connectivity index (χ1v) is 9.48. The lowest BCUT2D eigenvalue weighted by atomic mass is 10.0. The van der Waals surface area contributed by atoms with Gasteiger partial charge in [-0.2, -0.15) is 5.26 Å². The zero-order chi connectivity index (χ0) is 19.4. The van der Waals surface area contributed by atoms with Crippen molar-refractivity contribution in [2.24, 2.45) is 0 Å². The molecule has 0 aliphatic carbocycles. The van der Waals surface area contributed by atoms with Crippen LogP contribution in [0.2, 0.25) is 0 Å². The molecule has 136 valence electrons. The number of carbonyl (C=O) groups excluding carboxylic acids is 1. The molecule has 0 aliphatic heterocycles. The first-order chi connectivity index (χ1) is 13.0. The lowest BCUT2D eigenvalue weighted by molar-refractivity contribution is -0.113. The Morgan fingerprint density at radius 3 is 2.63 bits per heavy atom. The average molecular weight is 379 g/mol. The second kappa shape index (κ2) is 8.19. The van der Waals surface area contributed by atoms with Crippen LogP contribution in [0.15, 0.2) is 53.6 Å². The highest BCUT2D eigenvalue weighted by Crippen LogP contribution is 2.27. The van der Waals surface area contributed by atoms with Gasteiger partial charge in [-0.25, -0.2) is 9.37 Å². The predicted octanol–water partition coefficient (Wildman–Crippen LogP) is 5.10. The zero-order valence-corrected chi connectivity index (χ0v) is 15.8. The Morgan fingerprint density at radius 1 is 1.22 bits per heavy atom. The van der Waals surface area contributed by atoms with Crippen LogP contribution in [0.3, 0.4) is 0 Å². The molecule has 6 heteroatoms. The number of carbonyl (C=O) groups is 1. The fraction of sp³-hybridized carbons (Fsp3) is 0.190. The number of halogens is 1. The smallest absolute Gasteiger partial charge is 0.234 e. The van der Waals surface area contributed by atoms with Crippen molar-refractivity contribution in [2.75, 3.05) is 11.1 Å². The molecule has 1 aromatic heterocycles. The van der Waals surface area contributed by atoms with Gasteiger partial charge in [-0.05, 0) is 53.9 Å². The van der Waals surface area contributed by atoms with E-state index in [1.807, 2.05) is 24.3 Å². The van der Waals surface area contributed by atoms with Crippen LogP contribution in [0.5, 0.6) is 0 Å². The third kappa shape index (κ3) is 4.63. The Bertz CT molecular complexity index is 1030. The number of anilines is 1. The quantitative estimate of drug-likeness (QED) is 0.626. The minimum Gasteiger partial charge on any atom is -0.325 e. The van der Waals surface area contributed by atoms with Crippen molar-refractivity contribution >= 4 is 34.3 Å². The number of pyridine rings is 1. The molecule has 3 rings (SSSR count). The molecule has 0 fully saturated rings. The summed E-state index contributed by atoms with van der Waals surface area (Å²) in [6.45, 7) is 4.23. The third-order valence-electron chi connectivity index (χ3n) is 4.06. The Morgan fingerprint density at radius 2 is 1.96 bits per heavy atom.